The molecule has 0 aromatic carbocycles. The van der Waals surface area contributed by atoms with Crippen LogP contribution in [0.25, 0.3) is 0 Å². The fourth-order valence-electron chi connectivity index (χ4n) is 2.17. The lowest BCUT2D eigenvalue weighted by Gasteiger charge is -2.26. The summed E-state index contributed by atoms with van der Waals surface area (Å²) < 4.78 is 4.58. The summed E-state index contributed by atoms with van der Waals surface area (Å²) in [5, 5.41) is 0. The van der Waals surface area contributed by atoms with Crippen LogP contribution in [0.3, 0.4) is 0 Å². The highest BCUT2D eigenvalue weighted by Gasteiger charge is 2.17. The number of likely N-dealkylation sites (N-methyl/N-ethyl adjacent to an activating group) is 1. The Morgan fingerprint density at radius 2 is 1.61 bits per heavy atom. The maximum atomic E-state index is 12.1. The normalized spacial score (nSPS) is 17.2. The van der Waals surface area contributed by atoms with Crippen molar-refractivity contribution in [3.8, 4) is 0 Å². The van der Waals surface area contributed by atoms with Gasteiger partial charge in [-0.1, -0.05) is 19.3 Å². The summed E-state index contributed by atoms with van der Waals surface area (Å²) in [6, 6.07) is 0. The van der Waals surface area contributed by atoms with Gasteiger partial charge < -0.3 is 9.64 Å². The number of carbonyl (C=O) groups is 2. The Hall–Kier alpha value is -1.10. The Kier molecular flexibility index (Phi) is 6.72. The molecule has 1 rings (SSSR count). The fraction of sp³-hybridized carbons (Fsp3) is 0.846. The fourth-order valence-corrected chi connectivity index (χ4v) is 2.17. The number of methoxy groups -OCH3 is 1. The Morgan fingerprint density at radius 3 is 2.17 bits per heavy atom. The van der Waals surface area contributed by atoms with E-state index in [1.807, 2.05) is 4.90 Å². The van der Waals surface area contributed by atoms with Crippen molar-refractivity contribution >= 4 is 11.9 Å². The largest absolute Gasteiger partial charge is 0.468 e. The van der Waals surface area contributed by atoms with Crippen molar-refractivity contribution in [2.45, 2.75) is 32.1 Å². The summed E-state index contributed by atoms with van der Waals surface area (Å²) >= 11 is 0. The van der Waals surface area contributed by atoms with Crippen LogP contribution in [0.5, 0.6) is 0 Å². The molecule has 0 radical (unpaired) electrons. The van der Waals surface area contributed by atoms with Crippen LogP contribution in [-0.2, 0) is 14.3 Å². The van der Waals surface area contributed by atoms with Gasteiger partial charge in [0, 0.05) is 13.1 Å². The maximum absolute atomic E-state index is 12.1. The summed E-state index contributed by atoms with van der Waals surface area (Å²) in [4.78, 5) is 26.8. The zero-order valence-corrected chi connectivity index (χ0v) is 11.5. The third kappa shape index (κ3) is 5.49. The Bertz CT molecular complexity index is 273. The standard InChI is InChI=1S/C13H24N2O3/c1-14(11-13(17)18-2)10-12(16)15-8-6-4-3-5-7-9-15/h3-11H2,1-2H3. The Morgan fingerprint density at radius 1 is 1.06 bits per heavy atom. The molecular formula is C13H24N2O3. The van der Waals surface area contributed by atoms with Crippen LogP contribution in [0.1, 0.15) is 32.1 Å². The van der Waals surface area contributed by atoms with Gasteiger partial charge in [0.05, 0.1) is 20.2 Å². The smallest absolute Gasteiger partial charge is 0.319 e. The molecule has 0 spiro atoms. The molecule has 1 aliphatic rings. The highest BCUT2D eigenvalue weighted by molar-refractivity contribution is 5.79. The van der Waals surface area contributed by atoms with Gasteiger partial charge >= 0.3 is 5.97 Å². The van der Waals surface area contributed by atoms with E-state index in [0.29, 0.717) is 0 Å². The quantitative estimate of drug-likeness (QED) is 0.701. The molecule has 1 fully saturated rings. The summed E-state index contributed by atoms with van der Waals surface area (Å²) in [5.74, 6) is -0.193. The van der Waals surface area contributed by atoms with E-state index < -0.39 is 0 Å². The van der Waals surface area contributed by atoms with E-state index in [4.69, 9.17) is 0 Å². The Balaban J connectivity index is 2.35. The highest BCUT2D eigenvalue weighted by Crippen LogP contribution is 2.10. The minimum absolute atomic E-state index is 0.114. The predicted molar refractivity (Wildman–Crippen MR) is 69.2 cm³/mol. The first-order valence-electron chi connectivity index (χ1n) is 6.66. The number of carbonyl (C=O) groups excluding carboxylic acids is 2. The summed E-state index contributed by atoms with van der Waals surface area (Å²) in [6.45, 7) is 2.15. The van der Waals surface area contributed by atoms with Crippen molar-refractivity contribution in [1.29, 1.82) is 0 Å². The molecule has 0 aliphatic carbocycles. The number of hydrogen-bond acceptors (Lipinski definition) is 4. The molecule has 0 saturated carbocycles. The molecule has 1 aliphatic heterocycles. The molecule has 104 valence electrons. The molecule has 0 aromatic rings. The van der Waals surface area contributed by atoms with Gasteiger partial charge in [-0.15, -0.1) is 0 Å². The van der Waals surface area contributed by atoms with Crippen molar-refractivity contribution in [2.75, 3.05) is 40.3 Å². The van der Waals surface area contributed by atoms with Crippen molar-refractivity contribution in [1.82, 2.24) is 9.80 Å². The first-order valence-corrected chi connectivity index (χ1v) is 6.66. The highest BCUT2D eigenvalue weighted by atomic mass is 16.5. The van der Waals surface area contributed by atoms with Crippen LogP contribution in [0, 0.1) is 0 Å². The number of rotatable bonds is 4. The SMILES string of the molecule is COC(=O)CN(C)CC(=O)N1CCCCCCC1. The number of nitrogens with zero attached hydrogens (tertiary/aromatic N) is 2. The van der Waals surface area contributed by atoms with E-state index in [0.717, 1.165) is 25.9 Å². The first-order chi connectivity index (χ1) is 8.63. The molecule has 5 heteroatoms. The second-order valence-electron chi connectivity index (χ2n) is 4.90. The van der Waals surface area contributed by atoms with Gasteiger partial charge in [-0.25, -0.2) is 0 Å². The molecule has 0 aromatic heterocycles. The van der Waals surface area contributed by atoms with Gasteiger partial charge in [0.25, 0.3) is 0 Å². The summed E-state index contributed by atoms with van der Waals surface area (Å²) in [5.41, 5.74) is 0. The third-order valence-electron chi connectivity index (χ3n) is 3.24. The molecule has 1 saturated heterocycles. The average Bonchev–Trinajstić information content (AvgIpc) is 2.27. The first kappa shape index (κ1) is 15.0. The topological polar surface area (TPSA) is 49.9 Å². The van der Waals surface area contributed by atoms with Gasteiger partial charge in [0.15, 0.2) is 0 Å². The van der Waals surface area contributed by atoms with Crippen LogP contribution in [0.2, 0.25) is 0 Å². The molecule has 1 amide bonds. The van der Waals surface area contributed by atoms with Gasteiger partial charge in [-0.2, -0.15) is 0 Å². The van der Waals surface area contributed by atoms with Crippen LogP contribution >= 0.6 is 0 Å². The minimum atomic E-state index is -0.307. The van der Waals surface area contributed by atoms with E-state index in [9.17, 15) is 9.59 Å². The number of esters is 1. The van der Waals surface area contributed by atoms with E-state index in [1.54, 1.807) is 11.9 Å². The van der Waals surface area contributed by atoms with Gasteiger partial charge in [-0.05, 0) is 19.9 Å². The number of hydrogen-bond donors (Lipinski definition) is 0. The van der Waals surface area contributed by atoms with Crippen molar-refractivity contribution in [3.63, 3.8) is 0 Å². The van der Waals surface area contributed by atoms with Crippen molar-refractivity contribution < 1.29 is 14.3 Å². The lowest BCUT2D eigenvalue weighted by atomic mass is 10.1. The van der Waals surface area contributed by atoms with Crippen LogP contribution < -0.4 is 0 Å². The molecular weight excluding hydrogens is 232 g/mol. The molecule has 5 nitrogen and oxygen atoms in total. The lowest BCUT2D eigenvalue weighted by molar-refractivity contribution is -0.142. The van der Waals surface area contributed by atoms with Crippen LogP contribution in [0.15, 0.2) is 0 Å². The average molecular weight is 256 g/mol. The van der Waals surface area contributed by atoms with Gasteiger partial charge in [0.1, 0.15) is 0 Å². The molecule has 18 heavy (non-hydrogen) atoms. The van der Waals surface area contributed by atoms with Gasteiger partial charge in [0.2, 0.25) is 5.91 Å². The summed E-state index contributed by atoms with van der Waals surface area (Å²) in [7, 11) is 3.12. The number of likely N-dealkylation sites (tertiary alicyclic amines) is 1. The zero-order chi connectivity index (χ0) is 13.4. The second-order valence-corrected chi connectivity index (χ2v) is 4.90. The van der Waals surface area contributed by atoms with E-state index in [-0.39, 0.29) is 25.0 Å². The monoisotopic (exact) mass is 256 g/mol. The Labute approximate surface area is 109 Å². The van der Waals surface area contributed by atoms with E-state index in [2.05, 4.69) is 4.74 Å². The summed E-state index contributed by atoms with van der Waals surface area (Å²) in [6.07, 6.45) is 5.88. The van der Waals surface area contributed by atoms with Crippen LogP contribution in [-0.4, -0.2) is 62.0 Å². The maximum Gasteiger partial charge on any atom is 0.319 e. The van der Waals surface area contributed by atoms with Gasteiger partial charge in [-0.3, -0.25) is 14.5 Å². The molecule has 0 unspecified atom stereocenters. The third-order valence-corrected chi connectivity index (χ3v) is 3.24. The molecule has 1 heterocycles. The number of amides is 1. The molecule has 0 N–H and O–H groups in total. The van der Waals surface area contributed by atoms with Crippen molar-refractivity contribution in [3.05, 3.63) is 0 Å². The molecule has 0 atom stereocenters. The second kappa shape index (κ2) is 8.08. The van der Waals surface area contributed by atoms with E-state index >= 15 is 0 Å². The number of ether oxygens (including phenoxy) is 1. The van der Waals surface area contributed by atoms with E-state index in [1.165, 1.54) is 26.4 Å². The lowest BCUT2D eigenvalue weighted by Crippen LogP contribution is -2.42. The predicted octanol–water partition coefficient (Wildman–Crippen LogP) is 0.884. The minimum Gasteiger partial charge on any atom is -0.468 e. The molecule has 0 bridgehead atoms. The zero-order valence-electron chi connectivity index (χ0n) is 11.5. The van der Waals surface area contributed by atoms with Crippen molar-refractivity contribution in [2.24, 2.45) is 0 Å². The van der Waals surface area contributed by atoms with Crippen LogP contribution in [0.4, 0.5) is 0 Å².